The fourth-order valence-electron chi connectivity index (χ4n) is 3.00. The number of ether oxygens (including phenoxy) is 2. The van der Waals surface area contributed by atoms with E-state index in [-0.39, 0.29) is 6.04 Å². The molecule has 1 atom stereocenters. The lowest BCUT2D eigenvalue weighted by Crippen LogP contribution is -2.22. The lowest BCUT2D eigenvalue weighted by Gasteiger charge is -2.24. The van der Waals surface area contributed by atoms with E-state index in [9.17, 15) is 0 Å². The largest absolute Gasteiger partial charge is 0.497 e. The maximum absolute atomic E-state index is 5.55. The lowest BCUT2D eigenvalue weighted by atomic mass is 9.91. The average Bonchev–Trinajstić information content (AvgIpc) is 2.55. The van der Waals surface area contributed by atoms with Gasteiger partial charge in [-0.15, -0.1) is 0 Å². The van der Waals surface area contributed by atoms with E-state index >= 15 is 0 Å². The number of hydrogen-bond donors (Lipinski definition) is 1. The summed E-state index contributed by atoms with van der Waals surface area (Å²) in [4.78, 5) is 0. The second kappa shape index (κ2) is 8.08. The highest BCUT2D eigenvalue weighted by molar-refractivity contribution is 5.42. The minimum absolute atomic E-state index is 0.282. The first kappa shape index (κ1) is 15.9. The molecule has 1 aliphatic carbocycles. The molecule has 3 nitrogen and oxygen atoms in total. The Balaban J connectivity index is 2.25. The number of hydrogen-bond acceptors (Lipinski definition) is 3. The highest BCUT2D eigenvalue weighted by atomic mass is 16.5. The van der Waals surface area contributed by atoms with Gasteiger partial charge in [0.1, 0.15) is 11.5 Å². The third kappa shape index (κ3) is 4.24. The molecule has 1 N–H and O–H groups in total. The van der Waals surface area contributed by atoms with Crippen LogP contribution in [0.2, 0.25) is 0 Å². The van der Waals surface area contributed by atoms with Gasteiger partial charge < -0.3 is 14.8 Å². The van der Waals surface area contributed by atoms with E-state index < -0.39 is 0 Å². The summed E-state index contributed by atoms with van der Waals surface area (Å²) in [6, 6.07) is 6.32. The van der Waals surface area contributed by atoms with Crippen molar-refractivity contribution in [2.45, 2.75) is 45.1 Å². The first-order valence-electron chi connectivity index (χ1n) is 7.91. The standard InChI is InChI=1S/C18H27NO2/c1-4-19-17(12-14-8-6-5-7-9-14)16-13-15(20-2)10-11-18(16)21-3/h8,10-11,13,17,19H,4-7,9,12H2,1-3H3. The van der Waals surface area contributed by atoms with Crippen molar-refractivity contribution in [1.82, 2.24) is 5.32 Å². The molecule has 1 unspecified atom stereocenters. The third-order valence-electron chi connectivity index (χ3n) is 4.11. The van der Waals surface area contributed by atoms with Crippen LogP contribution >= 0.6 is 0 Å². The Morgan fingerprint density at radius 1 is 1.19 bits per heavy atom. The summed E-state index contributed by atoms with van der Waals surface area (Å²) in [7, 11) is 3.44. The van der Waals surface area contributed by atoms with Gasteiger partial charge in [0.25, 0.3) is 0 Å². The molecule has 116 valence electrons. The van der Waals surface area contributed by atoms with Crippen molar-refractivity contribution in [3.8, 4) is 11.5 Å². The SMILES string of the molecule is CCNC(CC1=CCCCC1)c1cc(OC)ccc1OC. The van der Waals surface area contributed by atoms with Gasteiger partial charge in [-0.1, -0.05) is 18.6 Å². The zero-order chi connectivity index (χ0) is 15.1. The normalized spacial score (nSPS) is 16.2. The minimum Gasteiger partial charge on any atom is -0.497 e. The van der Waals surface area contributed by atoms with Crippen molar-refractivity contribution in [2.75, 3.05) is 20.8 Å². The summed E-state index contributed by atoms with van der Waals surface area (Å²) in [5, 5.41) is 3.60. The molecule has 0 saturated heterocycles. The van der Waals surface area contributed by atoms with Gasteiger partial charge >= 0.3 is 0 Å². The lowest BCUT2D eigenvalue weighted by molar-refractivity contribution is 0.388. The van der Waals surface area contributed by atoms with Crippen LogP contribution in [0.4, 0.5) is 0 Å². The van der Waals surface area contributed by atoms with Crippen LogP contribution < -0.4 is 14.8 Å². The van der Waals surface area contributed by atoms with Gasteiger partial charge in [0.2, 0.25) is 0 Å². The van der Waals surface area contributed by atoms with Crippen molar-refractivity contribution >= 4 is 0 Å². The van der Waals surface area contributed by atoms with Crippen LogP contribution in [0.3, 0.4) is 0 Å². The van der Waals surface area contributed by atoms with Gasteiger partial charge in [-0.2, -0.15) is 0 Å². The van der Waals surface area contributed by atoms with Gasteiger partial charge in [-0.3, -0.25) is 0 Å². The van der Waals surface area contributed by atoms with Crippen molar-refractivity contribution in [3.63, 3.8) is 0 Å². The second-order valence-electron chi connectivity index (χ2n) is 5.53. The Morgan fingerprint density at radius 3 is 2.67 bits per heavy atom. The Labute approximate surface area is 128 Å². The van der Waals surface area contributed by atoms with Gasteiger partial charge in [0.15, 0.2) is 0 Å². The molecule has 1 aliphatic rings. The Kier molecular flexibility index (Phi) is 6.12. The van der Waals surface area contributed by atoms with Crippen molar-refractivity contribution in [2.24, 2.45) is 0 Å². The molecular weight excluding hydrogens is 262 g/mol. The molecule has 0 saturated carbocycles. The molecule has 21 heavy (non-hydrogen) atoms. The zero-order valence-electron chi connectivity index (χ0n) is 13.4. The van der Waals surface area contributed by atoms with Crippen molar-refractivity contribution in [3.05, 3.63) is 35.4 Å². The number of nitrogens with one attached hydrogen (secondary N) is 1. The number of methoxy groups -OCH3 is 2. The van der Waals surface area contributed by atoms with E-state index in [1.807, 2.05) is 12.1 Å². The molecular formula is C18H27NO2. The third-order valence-corrected chi connectivity index (χ3v) is 4.11. The van der Waals surface area contributed by atoms with E-state index in [2.05, 4.69) is 24.4 Å². The summed E-state index contributed by atoms with van der Waals surface area (Å²) in [6.45, 7) is 3.09. The van der Waals surface area contributed by atoms with Crippen molar-refractivity contribution < 1.29 is 9.47 Å². The molecule has 3 heteroatoms. The average molecular weight is 289 g/mol. The van der Waals surface area contributed by atoms with Crippen LogP contribution in [0.25, 0.3) is 0 Å². The van der Waals surface area contributed by atoms with E-state index in [1.165, 1.54) is 31.2 Å². The summed E-state index contributed by atoms with van der Waals surface area (Å²) >= 11 is 0. The zero-order valence-corrected chi connectivity index (χ0v) is 13.4. The van der Waals surface area contributed by atoms with Crippen LogP contribution in [0.1, 0.15) is 50.6 Å². The predicted molar refractivity (Wildman–Crippen MR) is 87.1 cm³/mol. The maximum atomic E-state index is 5.55. The molecule has 0 bridgehead atoms. The minimum atomic E-state index is 0.282. The predicted octanol–water partition coefficient (Wildman–Crippen LogP) is 4.24. The topological polar surface area (TPSA) is 30.5 Å². The molecule has 0 aliphatic heterocycles. The molecule has 0 fully saturated rings. The molecule has 2 rings (SSSR count). The second-order valence-corrected chi connectivity index (χ2v) is 5.53. The Bertz CT molecular complexity index is 482. The number of benzene rings is 1. The van der Waals surface area contributed by atoms with E-state index in [4.69, 9.17) is 9.47 Å². The summed E-state index contributed by atoms with van der Waals surface area (Å²) in [5.41, 5.74) is 2.75. The van der Waals surface area contributed by atoms with Crippen LogP contribution in [-0.2, 0) is 0 Å². The fraction of sp³-hybridized carbons (Fsp3) is 0.556. The van der Waals surface area contributed by atoms with Crippen molar-refractivity contribution in [1.29, 1.82) is 0 Å². The Hall–Kier alpha value is -1.48. The quantitative estimate of drug-likeness (QED) is 0.761. The molecule has 0 spiro atoms. The molecule has 0 radical (unpaired) electrons. The summed E-state index contributed by atoms with van der Waals surface area (Å²) in [5.74, 6) is 1.81. The van der Waals surface area contributed by atoms with Crippen LogP contribution in [0, 0.1) is 0 Å². The highest BCUT2D eigenvalue weighted by Crippen LogP contribution is 2.34. The van der Waals surface area contributed by atoms with E-state index in [0.29, 0.717) is 0 Å². The smallest absolute Gasteiger partial charge is 0.123 e. The van der Waals surface area contributed by atoms with Gasteiger partial charge in [-0.05, 0) is 56.8 Å². The number of allylic oxidation sites excluding steroid dienone is 1. The first-order chi connectivity index (χ1) is 10.3. The highest BCUT2D eigenvalue weighted by Gasteiger charge is 2.18. The molecule has 1 aromatic rings. The summed E-state index contributed by atoms with van der Waals surface area (Å²) in [6.07, 6.45) is 8.58. The molecule has 0 amide bonds. The van der Waals surface area contributed by atoms with Crippen LogP contribution in [0.5, 0.6) is 11.5 Å². The van der Waals surface area contributed by atoms with Gasteiger partial charge in [-0.25, -0.2) is 0 Å². The summed E-state index contributed by atoms with van der Waals surface area (Å²) < 4.78 is 10.9. The molecule has 0 aromatic heterocycles. The Morgan fingerprint density at radius 2 is 2.05 bits per heavy atom. The van der Waals surface area contributed by atoms with Crippen LogP contribution in [-0.4, -0.2) is 20.8 Å². The fourth-order valence-corrected chi connectivity index (χ4v) is 3.00. The van der Waals surface area contributed by atoms with E-state index in [1.54, 1.807) is 19.8 Å². The monoisotopic (exact) mass is 289 g/mol. The molecule has 1 aromatic carbocycles. The number of rotatable bonds is 7. The maximum Gasteiger partial charge on any atom is 0.123 e. The van der Waals surface area contributed by atoms with Gasteiger partial charge in [0, 0.05) is 11.6 Å². The van der Waals surface area contributed by atoms with Crippen LogP contribution in [0.15, 0.2) is 29.8 Å². The van der Waals surface area contributed by atoms with Gasteiger partial charge in [0.05, 0.1) is 14.2 Å². The van der Waals surface area contributed by atoms with E-state index in [0.717, 1.165) is 24.5 Å². The molecule has 0 heterocycles. The first-order valence-corrected chi connectivity index (χ1v) is 7.91.